The van der Waals surface area contributed by atoms with E-state index >= 15 is 0 Å². The quantitative estimate of drug-likeness (QED) is 0.665. The smallest absolute Gasteiger partial charge is 0.410 e. The predicted molar refractivity (Wildman–Crippen MR) is 109 cm³/mol. The second-order valence-corrected chi connectivity index (χ2v) is 8.45. The largest absolute Gasteiger partial charge is 0.447 e. The van der Waals surface area contributed by atoms with Gasteiger partial charge >= 0.3 is 6.09 Å². The van der Waals surface area contributed by atoms with Gasteiger partial charge in [0, 0.05) is 32.0 Å². The zero-order valence-electron chi connectivity index (χ0n) is 17.2. The van der Waals surface area contributed by atoms with Gasteiger partial charge in [0.05, 0.1) is 6.04 Å². The molecule has 160 valence electrons. The number of H-pyrrole nitrogens is 1. The summed E-state index contributed by atoms with van der Waals surface area (Å²) in [4.78, 5) is 43.1. The highest BCUT2D eigenvalue weighted by Gasteiger charge is 2.41. The fourth-order valence-electron chi connectivity index (χ4n) is 3.95. The molecule has 2 amide bonds. The van der Waals surface area contributed by atoms with Crippen LogP contribution in [0.2, 0.25) is 0 Å². The van der Waals surface area contributed by atoms with Crippen LogP contribution in [0, 0.1) is 5.92 Å². The number of aryl methyl sites for hydroxylation is 1. The molecule has 0 bridgehead atoms. The van der Waals surface area contributed by atoms with Gasteiger partial charge in [0.25, 0.3) is 5.56 Å². The molecule has 2 aliphatic rings. The molecule has 1 aromatic rings. The van der Waals surface area contributed by atoms with Crippen molar-refractivity contribution in [2.45, 2.75) is 63.2 Å². The van der Waals surface area contributed by atoms with Crippen LogP contribution in [0.15, 0.2) is 9.95 Å². The number of aromatic amines is 1. The Hall–Kier alpha value is -2.10. The van der Waals surface area contributed by atoms with Crippen LogP contribution >= 0.6 is 11.8 Å². The van der Waals surface area contributed by atoms with Crippen molar-refractivity contribution in [2.24, 2.45) is 5.92 Å². The summed E-state index contributed by atoms with van der Waals surface area (Å²) in [5, 5.41) is 8.31. The highest BCUT2D eigenvalue weighted by Crippen LogP contribution is 2.28. The van der Waals surface area contributed by atoms with Crippen LogP contribution in [0.25, 0.3) is 0 Å². The lowest BCUT2D eigenvalue weighted by atomic mass is 9.95. The van der Waals surface area contributed by atoms with E-state index in [4.69, 9.17) is 4.74 Å². The van der Waals surface area contributed by atoms with E-state index in [1.54, 1.807) is 6.26 Å². The SMILES string of the molecule is CC[C@H](C)[C@H]1COC(=O)N1C1CCN(C(=O)CCc2nnc(SC)[nH]c2=O)CC1. The van der Waals surface area contributed by atoms with Crippen LogP contribution in [0.5, 0.6) is 0 Å². The van der Waals surface area contributed by atoms with E-state index < -0.39 is 0 Å². The van der Waals surface area contributed by atoms with Crippen molar-refractivity contribution >= 4 is 23.8 Å². The summed E-state index contributed by atoms with van der Waals surface area (Å²) in [6.45, 7) is 5.94. The van der Waals surface area contributed by atoms with E-state index in [-0.39, 0.29) is 48.2 Å². The number of cyclic esters (lactones) is 1. The number of hydrogen-bond acceptors (Lipinski definition) is 7. The molecule has 1 N–H and O–H groups in total. The second-order valence-electron chi connectivity index (χ2n) is 7.66. The fourth-order valence-corrected chi connectivity index (χ4v) is 4.27. The maximum absolute atomic E-state index is 12.6. The van der Waals surface area contributed by atoms with Crippen molar-refractivity contribution in [3.63, 3.8) is 0 Å². The molecule has 2 saturated heterocycles. The number of carbonyl (C=O) groups is 2. The third-order valence-electron chi connectivity index (χ3n) is 5.97. The molecule has 0 radical (unpaired) electrons. The maximum Gasteiger partial charge on any atom is 0.410 e. The van der Waals surface area contributed by atoms with Gasteiger partial charge in [0.2, 0.25) is 5.91 Å². The van der Waals surface area contributed by atoms with E-state index in [2.05, 4.69) is 29.0 Å². The summed E-state index contributed by atoms with van der Waals surface area (Å²) < 4.78 is 5.30. The molecule has 0 spiro atoms. The topological polar surface area (TPSA) is 108 Å². The zero-order valence-corrected chi connectivity index (χ0v) is 18.0. The summed E-state index contributed by atoms with van der Waals surface area (Å²) in [5.41, 5.74) is -0.0123. The lowest BCUT2D eigenvalue weighted by Gasteiger charge is -2.39. The first-order valence-corrected chi connectivity index (χ1v) is 11.4. The summed E-state index contributed by atoms with van der Waals surface area (Å²) >= 11 is 1.31. The first-order chi connectivity index (χ1) is 13.9. The van der Waals surface area contributed by atoms with Crippen molar-refractivity contribution in [1.29, 1.82) is 0 Å². The average Bonchev–Trinajstić information content (AvgIpc) is 3.13. The molecule has 29 heavy (non-hydrogen) atoms. The van der Waals surface area contributed by atoms with Crippen molar-refractivity contribution in [1.82, 2.24) is 25.0 Å². The van der Waals surface area contributed by atoms with Crippen molar-refractivity contribution in [3.8, 4) is 0 Å². The Labute approximate surface area is 174 Å². The van der Waals surface area contributed by atoms with E-state index in [1.165, 1.54) is 11.8 Å². The molecule has 9 nitrogen and oxygen atoms in total. The molecule has 3 heterocycles. The number of piperidine rings is 1. The number of likely N-dealkylation sites (tertiary alicyclic amines) is 1. The number of nitrogens with one attached hydrogen (secondary N) is 1. The Morgan fingerprint density at radius 3 is 2.66 bits per heavy atom. The Morgan fingerprint density at radius 2 is 2.03 bits per heavy atom. The number of carbonyl (C=O) groups excluding carboxylic acids is 2. The third kappa shape index (κ3) is 4.91. The van der Waals surface area contributed by atoms with Crippen LogP contribution in [0.1, 0.15) is 45.2 Å². The molecule has 0 aromatic carbocycles. The van der Waals surface area contributed by atoms with Gasteiger partial charge in [-0.25, -0.2) is 4.79 Å². The molecular weight excluding hydrogens is 394 g/mol. The molecule has 3 rings (SSSR count). The molecule has 0 saturated carbocycles. The van der Waals surface area contributed by atoms with Gasteiger partial charge in [-0.3, -0.25) is 19.5 Å². The van der Waals surface area contributed by atoms with Crippen LogP contribution < -0.4 is 5.56 Å². The predicted octanol–water partition coefficient (Wildman–Crippen LogP) is 1.68. The van der Waals surface area contributed by atoms with Crippen molar-refractivity contribution in [3.05, 3.63) is 16.0 Å². The van der Waals surface area contributed by atoms with Gasteiger partial charge in [-0.1, -0.05) is 32.0 Å². The summed E-state index contributed by atoms with van der Waals surface area (Å²) in [7, 11) is 0. The lowest BCUT2D eigenvalue weighted by Crippen LogP contribution is -2.51. The minimum absolute atomic E-state index is 0.000989. The first kappa shape index (κ1) is 21.6. The number of nitrogens with zero attached hydrogens (tertiary/aromatic N) is 4. The van der Waals surface area contributed by atoms with Gasteiger partial charge in [0.15, 0.2) is 5.16 Å². The zero-order chi connectivity index (χ0) is 21.0. The van der Waals surface area contributed by atoms with E-state index in [0.29, 0.717) is 30.8 Å². The number of amides is 2. The Kier molecular flexibility index (Phi) is 7.15. The van der Waals surface area contributed by atoms with E-state index in [0.717, 1.165) is 19.3 Å². The van der Waals surface area contributed by atoms with Gasteiger partial charge < -0.3 is 9.64 Å². The highest BCUT2D eigenvalue weighted by atomic mass is 32.2. The molecule has 2 fully saturated rings. The van der Waals surface area contributed by atoms with E-state index in [1.807, 2.05) is 9.80 Å². The van der Waals surface area contributed by atoms with E-state index in [9.17, 15) is 14.4 Å². The van der Waals surface area contributed by atoms with Crippen LogP contribution in [-0.4, -0.2) is 75.0 Å². The summed E-state index contributed by atoms with van der Waals surface area (Å²) in [5.74, 6) is 0.388. The molecule has 0 unspecified atom stereocenters. The monoisotopic (exact) mass is 423 g/mol. The van der Waals surface area contributed by atoms with Gasteiger partial charge in [0.1, 0.15) is 12.3 Å². The number of aromatic nitrogens is 3. The number of hydrogen-bond donors (Lipinski definition) is 1. The maximum atomic E-state index is 12.6. The van der Waals surface area contributed by atoms with Crippen molar-refractivity contribution < 1.29 is 14.3 Å². The lowest BCUT2D eigenvalue weighted by molar-refractivity contribution is -0.132. The van der Waals surface area contributed by atoms with Crippen LogP contribution in [0.4, 0.5) is 4.79 Å². The summed E-state index contributed by atoms with van der Waals surface area (Å²) in [6.07, 6.45) is 4.56. The minimum atomic E-state index is -0.292. The number of ether oxygens (including phenoxy) is 1. The third-order valence-corrected chi connectivity index (χ3v) is 6.54. The Morgan fingerprint density at radius 1 is 1.31 bits per heavy atom. The molecule has 0 aliphatic carbocycles. The Balaban J connectivity index is 1.52. The van der Waals surface area contributed by atoms with Crippen LogP contribution in [0.3, 0.4) is 0 Å². The minimum Gasteiger partial charge on any atom is -0.447 e. The molecular formula is C19H29N5O4S. The number of thioether (sulfide) groups is 1. The van der Waals surface area contributed by atoms with Crippen molar-refractivity contribution in [2.75, 3.05) is 26.0 Å². The highest BCUT2D eigenvalue weighted by molar-refractivity contribution is 7.98. The van der Waals surface area contributed by atoms with Gasteiger partial charge in [-0.15, -0.1) is 10.2 Å². The second kappa shape index (κ2) is 9.60. The average molecular weight is 424 g/mol. The molecule has 1 aromatic heterocycles. The number of rotatable bonds is 7. The van der Waals surface area contributed by atoms with Gasteiger partial charge in [-0.2, -0.15) is 0 Å². The standard InChI is InChI=1S/C19H29N5O4S/c1-4-12(2)15-11-28-19(27)24(15)13-7-9-23(10-8-13)16(25)6-5-14-17(26)20-18(29-3)22-21-14/h12-13,15H,4-11H2,1-3H3,(H,20,22,26)/t12-,15+/m0/s1. The molecule has 2 aliphatic heterocycles. The normalized spacial score (nSPS) is 21.3. The molecule has 2 atom stereocenters. The van der Waals surface area contributed by atoms with Gasteiger partial charge in [-0.05, 0) is 25.0 Å². The Bertz CT molecular complexity index is 793. The summed E-state index contributed by atoms with van der Waals surface area (Å²) in [6, 6.07) is 0.232. The molecule has 10 heteroatoms. The fraction of sp³-hybridized carbons (Fsp3) is 0.737. The first-order valence-electron chi connectivity index (χ1n) is 10.2. The van der Waals surface area contributed by atoms with Crippen LogP contribution in [-0.2, 0) is 16.0 Å².